The van der Waals surface area contributed by atoms with Gasteiger partial charge in [-0.25, -0.2) is 0 Å². The molecule has 127 valence electrons. The summed E-state index contributed by atoms with van der Waals surface area (Å²) in [6.07, 6.45) is 0.684. The molecule has 0 fully saturated rings. The molecule has 6 nitrogen and oxygen atoms in total. The summed E-state index contributed by atoms with van der Waals surface area (Å²) in [6, 6.07) is 14.0. The Bertz CT molecular complexity index is 821. The Morgan fingerprint density at radius 1 is 1.21 bits per heavy atom. The number of methoxy groups -OCH3 is 1. The van der Waals surface area contributed by atoms with Crippen molar-refractivity contribution in [1.82, 2.24) is 0 Å². The first-order valence-electron chi connectivity index (χ1n) is 7.13. The molecular weight excluding hydrogens is 393 g/mol. The van der Waals surface area contributed by atoms with Crippen molar-refractivity contribution < 1.29 is 13.2 Å². The summed E-state index contributed by atoms with van der Waals surface area (Å²) in [5, 5.41) is 8.22. The minimum absolute atomic E-state index is 0.108. The Morgan fingerprint density at radius 2 is 1.88 bits per heavy atom. The van der Waals surface area contributed by atoms with Crippen molar-refractivity contribution in [2.75, 3.05) is 19.0 Å². The number of hydrogen-bond acceptors (Lipinski definition) is 4. The maximum atomic E-state index is 11.2. The third-order valence-electron chi connectivity index (χ3n) is 3.26. The summed E-state index contributed by atoms with van der Waals surface area (Å²) < 4.78 is 28.3. The van der Waals surface area contributed by atoms with Gasteiger partial charge in [0, 0.05) is 0 Å². The van der Waals surface area contributed by atoms with E-state index in [-0.39, 0.29) is 4.90 Å². The zero-order valence-electron chi connectivity index (χ0n) is 13.1. The van der Waals surface area contributed by atoms with Crippen LogP contribution in [0.5, 0.6) is 5.75 Å². The molecule has 0 spiro atoms. The van der Waals surface area contributed by atoms with E-state index >= 15 is 0 Å². The van der Waals surface area contributed by atoms with Crippen molar-refractivity contribution in [2.24, 2.45) is 10.1 Å². The van der Waals surface area contributed by atoms with Crippen LogP contribution in [-0.2, 0) is 16.4 Å². The number of sulfonamides is 1. The van der Waals surface area contributed by atoms with Gasteiger partial charge in [-0.05, 0) is 0 Å². The zero-order chi connectivity index (χ0) is 17.6. The van der Waals surface area contributed by atoms with Gasteiger partial charge < -0.3 is 0 Å². The molecule has 0 unspecified atom stereocenters. The van der Waals surface area contributed by atoms with E-state index in [2.05, 4.69) is 26.3 Å². The second kappa shape index (κ2) is 8.30. The van der Waals surface area contributed by atoms with E-state index in [1.165, 1.54) is 12.1 Å². The molecule has 2 aromatic carbocycles. The average Bonchev–Trinajstić information content (AvgIpc) is 2.55. The Hall–Kier alpha value is -1.86. The summed E-state index contributed by atoms with van der Waals surface area (Å²) >= 11 is 2.88. The summed E-state index contributed by atoms with van der Waals surface area (Å²) in [7, 11) is -2.04. The molecule has 0 saturated heterocycles. The van der Waals surface area contributed by atoms with Crippen molar-refractivity contribution in [3.05, 3.63) is 54.1 Å². The fourth-order valence-electron chi connectivity index (χ4n) is 2.03. The van der Waals surface area contributed by atoms with E-state index in [0.29, 0.717) is 17.7 Å². The van der Waals surface area contributed by atoms with Crippen LogP contribution in [0.25, 0.3) is 0 Å². The molecule has 0 aliphatic heterocycles. The number of anilines is 1. The van der Waals surface area contributed by atoms with E-state index in [9.17, 15) is 8.42 Å². The van der Waals surface area contributed by atoms with Gasteiger partial charge in [-0.3, -0.25) is 0 Å². The van der Waals surface area contributed by atoms with Crippen LogP contribution >= 0.6 is 0 Å². The molecule has 2 rings (SSSR count). The van der Waals surface area contributed by atoms with Crippen LogP contribution in [0, 0.1) is 0 Å². The van der Waals surface area contributed by atoms with Crippen LogP contribution in [0.3, 0.4) is 0 Å². The Kier molecular flexibility index (Phi) is 6.39. The van der Waals surface area contributed by atoms with Gasteiger partial charge in [0.1, 0.15) is 0 Å². The third-order valence-corrected chi connectivity index (χ3v) is 4.67. The van der Waals surface area contributed by atoms with Gasteiger partial charge in [-0.15, -0.1) is 0 Å². The summed E-state index contributed by atoms with van der Waals surface area (Å²) in [4.78, 5) is 4.52. The first-order chi connectivity index (χ1) is 11.4. The summed E-state index contributed by atoms with van der Waals surface area (Å²) in [5.41, 5.74) is 1.81. The molecule has 1 radical (unpaired) electrons. The maximum absolute atomic E-state index is 11.2. The van der Waals surface area contributed by atoms with Crippen LogP contribution in [0.15, 0.2) is 58.4 Å². The van der Waals surface area contributed by atoms with Crippen LogP contribution in [0.2, 0.25) is 0 Å². The number of amidine groups is 1. The van der Waals surface area contributed by atoms with Crippen LogP contribution in [-0.4, -0.2) is 42.8 Å². The van der Waals surface area contributed by atoms with Gasteiger partial charge >= 0.3 is 150 Å². The first kappa shape index (κ1) is 18.5. The monoisotopic (exact) mass is 412 g/mol. The molecular formula is C16H18N3O3SSe. The molecule has 0 heterocycles. The molecule has 0 bridgehead atoms. The van der Waals surface area contributed by atoms with Crippen molar-refractivity contribution in [3.8, 4) is 5.75 Å². The fourth-order valence-corrected chi connectivity index (χ4v) is 2.97. The van der Waals surface area contributed by atoms with Crippen LogP contribution < -0.4 is 15.2 Å². The Morgan fingerprint density at radius 3 is 2.50 bits per heavy atom. The predicted molar refractivity (Wildman–Crippen MR) is 96.2 cm³/mol. The normalized spacial score (nSPS) is 12.0. The zero-order valence-corrected chi connectivity index (χ0v) is 15.6. The first-order valence-corrected chi connectivity index (χ1v) is 9.53. The number of aliphatic imine (C=N–C) groups is 1. The Balaban J connectivity index is 1.93. The number of ether oxygens (including phenoxy) is 1. The molecule has 0 aliphatic carbocycles. The molecule has 0 amide bonds. The number of primary sulfonamides is 1. The van der Waals surface area contributed by atoms with E-state index in [0.717, 1.165) is 17.0 Å². The van der Waals surface area contributed by atoms with Crippen molar-refractivity contribution in [1.29, 1.82) is 0 Å². The third kappa shape index (κ3) is 5.35. The average molecular weight is 411 g/mol. The van der Waals surface area contributed by atoms with Gasteiger partial charge in [-0.1, -0.05) is 0 Å². The predicted octanol–water partition coefficient (Wildman–Crippen LogP) is 1.52. The molecule has 0 atom stereocenters. The van der Waals surface area contributed by atoms with Crippen LogP contribution in [0.4, 0.5) is 5.69 Å². The van der Waals surface area contributed by atoms with E-state index in [4.69, 9.17) is 9.88 Å². The minimum atomic E-state index is -3.65. The topological polar surface area (TPSA) is 93.8 Å². The molecule has 0 aliphatic rings. The van der Waals surface area contributed by atoms with Gasteiger partial charge in [0.15, 0.2) is 0 Å². The van der Waals surface area contributed by atoms with Gasteiger partial charge in [0.05, 0.1) is 0 Å². The molecule has 8 heteroatoms. The molecule has 3 N–H and O–H groups in total. The second-order valence-electron chi connectivity index (χ2n) is 4.95. The van der Waals surface area contributed by atoms with Crippen molar-refractivity contribution in [2.45, 2.75) is 11.3 Å². The number of nitrogens with one attached hydrogen (secondary N) is 1. The standard InChI is InChI=1S/C16H18N3O3SSe/c1-22-15-5-3-2-4-14(15)19-16(24)18-11-10-12-6-8-13(9-7-12)23(17,20)21/h2-9H,10-11H2,1H3,(H,18,19)(H2,17,20,21). The van der Waals surface area contributed by atoms with Gasteiger partial charge in [0.2, 0.25) is 0 Å². The summed E-state index contributed by atoms with van der Waals surface area (Å²) in [5.74, 6) is 0.735. The fraction of sp³-hybridized carbons (Fsp3) is 0.188. The van der Waals surface area contributed by atoms with Crippen LogP contribution in [0.1, 0.15) is 5.56 Å². The number of para-hydroxylation sites is 2. The molecule has 0 aromatic heterocycles. The van der Waals surface area contributed by atoms with Gasteiger partial charge in [0.25, 0.3) is 0 Å². The quantitative estimate of drug-likeness (QED) is 0.428. The Labute approximate surface area is 150 Å². The SMILES string of the molecule is COc1ccccc1NC([Se])=NCCc1ccc(S(N)(=O)=O)cc1. The number of nitrogens with two attached hydrogens (primary N) is 1. The number of nitrogens with zero attached hydrogens (tertiary/aromatic N) is 1. The van der Waals surface area contributed by atoms with Crippen molar-refractivity contribution >= 4 is 36.5 Å². The van der Waals surface area contributed by atoms with E-state index in [1.54, 1.807) is 19.2 Å². The van der Waals surface area contributed by atoms with Gasteiger partial charge in [-0.2, -0.15) is 0 Å². The summed E-state index contributed by atoms with van der Waals surface area (Å²) in [6.45, 7) is 0.555. The van der Waals surface area contributed by atoms with Crippen molar-refractivity contribution in [3.63, 3.8) is 0 Å². The second-order valence-corrected chi connectivity index (χ2v) is 7.32. The molecule has 0 saturated carbocycles. The molecule has 2 aromatic rings. The van der Waals surface area contributed by atoms with E-state index in [1.807, 2.05) is 24.3 Å². The number of rotatable bonds is 6. The molecule has 24 heavy (non-hydrogen) atoms. The number of hydrogen-bond donors (Lipinski definition) is 2. The van der Waals surface area contributed by atoms with E-state index < -0.39 is 10.0 Å². The number of benzene rings is 2.